The number of rotatable bonds is 4. The Hall–Kier alpha value is -2.42. The Labute approximate surface area is 97.9 Å². The molecule has 17 heavy (non-hydrogen) atoms. The van der Waals surface area contributed by atoms with E-state index in [-0.39, 0.29) is 12.2 Å². The van der Waals surface area contributed by atoms with Crippen LogP contribution in [0.1, 0.15) is 23.0 Å². The molecule has 6 nitrogen and oxygen atoms in total. The second kappa shape index (κ2) is 5.61. The van der Waals surface area contributed by atoms with Crippen LogP contribution in [-0.4, -0.2) is 28.5 Å². The van der Waals surface area contributed by atoms with Gasteiger partial charge >= 0.3 is 5.97 Å². The molecule has 1 aromatic heterocycles. The Bertz CT molecular complexity index is 462. The van der Waals surface area contributed by atoms with Crippen molar-refractivity contribution < 1.29 is 14.7 Å². The highest BCUT2D eigenvalue weighted by atomic mass is 16.4. The monoisotopic (exact) mass is 233 g/mol. The van der Waals surface area contributed by atoms with Crippen molar-refractivity contribution in [2.45, 2.75) is 6.92 Å². The predicted molar refractivity (Wildman–Crippen MR) is 58.1 cm³/mol. The van der Waals surface area contributed by atoms with Gasteiger partial charge in [-0.05, 0) is 12.1 Å². The maximum atomic E-state index is 11.5. The lowest BCUT2D eigenvalue weighted by Crippen LogP contribution is -2.31. The number of aromatic nitrogens is 1. The van der Waals surface area contributed by atoms with Crippen molar-refractivity contribution in [3.63, 3.8) is 0 Å². The van der Waals surface area contributed by atoms with E-state index in [1.54, 1.807) is 0 Å². The van der Waals surface area contributed by atoms with Gasteiger partial charge in [0.1, 0.15) is 11.8 Å². The molecule has 0 spiro atoms. The molecule has 0 fully saturated rings. The number of nitrogens with one attached hydrogen (secondary N) is 1. The molecule has 1 rings (SSSR count). The molecule has 6 heteroatoms. The van der Waals surface area contributed by atoms with Crippen LogP contribution in [0.15, 0.2) is 18.3 Å². The van der Waals surface area contributed by atoms with Crippen molar-refractivity contribution >= 4 is 11.9 Å². The van der Waals surface area contributed by atoms with Crippen LogP contribution >= 0.6 is 0 Å². The fourth-order valence-corrected chi connectivity index (χ4v) is 1.02. The summed E-state index contributed by atoms with van der Waals surface area (Å²) in [6, 6.07) is 4.78. The SMILES string of the molecule is CC(CNC(=O)c1ccc(C#N)cn1)C(=O)O. The predicted octanol–water partition coefficient (Wildman–Crippen LogP) is 0.404. The number of carbonyl (C=O) groups excluding carboxylic acids is 1. The third kappa shape index (κ3) is 3.57. The molecular weight excluding hydrogens is 222 g/mol. The summed E-state index contributed by atoms with van der Waals surface area (Å²) in [7, 11) is 0. The van der Waals surface area contributed by atoms with E-state index in [4.69, 9.17) is 10.4 Å². The van der Waals surface area contributed by atoms with E-state index < -0.39 is 17.8 Å². The van der Waals surface area contributed by atoms with Gasteiger partial charge in [0.25, 0.3) is 5.91 Å². The zero-order valence-electron chi connectivity index (χ0n) is 9.17. The van der Waals surface area contributed by atoms with Crippen molar-refractivity contribution in [1.29, 1.82) is 5.26 Å². The van der Waals surface area contributed by atoms with Gasteiger partial charge in [-0.1, -0.05) is 6.92 Å². The molecule has 0 bridgehead atoms. The van der Waals surface area contributed by atoms with Gasteiger partial charge in [-0.3, -0.25) is 9.59 Å². The summed E-state index contributed by atoms with van der Waals surface area (Å²) < 4.78 is 0. The molecule has 1 aromatic rings. The Morgan fingerprint density at radius 3 is 2.76 bits per heavy atom. The Balaban J connectivity index is 2.58. The number of nitrogens with zero attached hydrogens (tertiary/aromatic N) is 2. The first-order chi connectivity index (χ1) is 8.04. The van der Waals surface area contributed by atoms with Gasteiger partial charge < -0.3 is 10.4 Å². The maximum Gasteiger partial charge on any atom is 0.308 e. The standard InChI is InChI=1S/C11H11N3O3/c1-7(11(16)17)5-14-10(15)9-3-2-8(4-12)6-13-9/h2-3,6-7H,5H2,1H3,(H,14,15)(H,16,17). The van der Waals surface area contributed by atoms with E-state index in [0.29, 0.717) is 5.56 Å². The van der Waals surface area contributed by atoms with E-state index in [2.05, 4.69) is 10.3 Å². The molecule has 1 unspecified atom stereocenters. The van der Waals surface area contributed by atoms with Crippen molar-refractivity contribution in [1.82, 2.24) is 10.3 Å². The second-order valence-corrected chi connectivity index (χ2v) is 3.49. The van der Waals surface area contributed by atoms with Crippen LogP contribution in [0.4, 0.5) is 0 Å². The van der Waals surface area contributed by atoms with Crippen LogP contribution in [0.5, 0.6) is 0 Å². The minimum atomic E-state index is -0.974. The third-order valence-corrected chi connectivity index (χ3v) is 2.12. The zero-order chi connectivity index (χ0) is 12.8. The molecule has 0 aliphatic heterocycles. The summed E-state index contributed by atoms with van der Waals surface area (Å²) in [5.74, 6) is -2.09. The smallest absolute Gasteiger partial charge is 0.308 e. The fourth-order valence-electron chi connectivity index (χ4n) is 1.02. The van der Waals surface area contributed by atoms with Crippen LogP contribution in [0.3, 0.4) is 0 Å². The average Bonchev–Trinajstić information content (AvgIpc) is 2.35. The molecule has 0 radical (unpaired) electrons. The first kappa shape index (κ1) is 12.6. The Morgan fingerprint density at radius 1 is 1.59 bits per heavy atom. The summed E-state index contributed by atoms with van der Waals surface area (Å²) >= 11 is 0. The normalized spacial score (nSPS) is 11.3. The topological polar surface area (TPSA) is 103 Å². The number of carboxylic acid groups (broad SMARTS) is 1. The number of carbonyl (C=O) groups is 2. The van der Waals surface area contributed by atoms with E-state index in [1.807, 2.05) is 6.07 Å². The van der Waals surface area contributed by atoms with Crippen molar-refractivity contribution in [3.05, 3.63) is 29.6 Å². The molecule has 0 saturated carbocycles. The summed E-state index contributed by atoms with van der Waals surface area (Å²) in [6.07, 6.45) is 1.29. The van der Waals surface area contributed by atoms with Crippen molar-refractivity contribution in [2.75, 3.05) is 6.54 Å². The molecule has 1 atom stereocenters. The molecule has 0 aliphatic rings. The van der Waals surface area contributed by atoms with Gasteiger partial charge in [-0.15, -0.1) is 0 Å². The third-order valence-electron chi connectivity index (χ3n) is 2.12. The van der Waals surface area contributed by atoms with E-state index in [9.17, 15) is 9.59 Å². The molecule has 2 N–H and O–H groups in total. The number of hydrogen-bond donors (Lipinski definition) is 2. The molecule has 0 aliphatic carbocycles. The number of aliphatic carboxylic acids is 1. The van der Waals surface area contributed by atoms with Gasteiger partial charge in [0.05, 0.1) is 11.5 Å². The van der Waals surface area contributed by atoms with Gasteiger partial charge in [-0.2, -0.15) is 5.26 Å². The van der Waals surface area contributed by atoms with Crippen molar-refractivity contribution in [3.8, 4) is 6.07 Å². The number of pyridine rings is 1. The highest BCUT2D eigenvalue weighted by Crippen LogP contribution is 1.99. The largest absolute Gasteiger partial charge is 0.481 e. The molecule has 0 saturated heterocycles. The molecule has 0 aromatic carbocycles. The van der Waals surface area contributed by atoms with Gasteiger partial charge in [0, 0.05) is 12.7 Å². The lowest BCUT2D eigenvalue weighted by molar-refractivity contribution is -0.140. The fraction of sp³-hybridized carbons (Fsp3) is 0.273. The van der Waals surface area contributed by atoms with Gasteiger partial charge in [0.15, 0.2) is 0 Å². The Morgan fingerprint density at radius 2 is 2.29 bits per heavy atom. The number of carboxylic acids is 1. The average molecular weight is 233 g/mol. The van der Waals surface area contributed by atoms with Crippen molar-refractivity contribution in [2.24, 2.45) is 5.92 Å². The molecular formula is C11H11N3O3. The minimum absolute atomic E-state index is 0.0375. The number of nitriles is 1. The lowest BCUT2D eigenvalue weighted by atomic mass is 10.2. The zero-order valence-corrected chi connectivity index (χ0v) is 9.17. The molecule has 88 valence electrons. The Kier molecular flexibility index (Phi) is 4.17. The molecule has 1 amide bonds. The quantitative estimate of drug-likeness (QED) is 0.783. The van der Waals surface area contributed by atoms with Crippen LogP contribution < -0.4 is 5.32 Å². The van der Waals surface area contributed by atoms with Gasteiger partial charge in [0.2, 0.25) is 0 Å². The summed E-state index contributed by atoms with van der Waals surface area (Å²) in [4.78, 5) is 25.8. The molecule has 1 heterocycles. The van der Waals surface area contributed by atoms with E-state index in [0.717, 1.165) is 0 Å². The first-order valence-corrected chi connectivity index (χ1v) is 4.91. The first-order valence-electron chi connectivity index (χ1n) is 4.91. The highest BCUT2D eigenvalue weighted by Gasteiger charge is 2.13. The van der Waals surface area contributed by atoms with Crippen LogP contribution in [0.25, 0.3) is 0 Å². The van der Waals surface area contributed by atoms with Gasteiger partial charge in [-0.25, -0.2) is 4.98 Å². The number of hydrogen-bond acceptors (Lipinski definition) is 4. The summed E-state index contributed by atoms with van der Waals surface area (Å²) in [5.41, 5.74) is 0.516. The highest BCUT2D eigenvalue weighted by molar-refractivity contribution is 5.92. The maximum absolute atomic E-state index is 11.5. The van der Waals surface area contributed by atoms with E-state index in [1.165, 1.54) is 25.3 Å². The summed E-state index contributed by atoms with van der Waals surface area (Å²) in [6.45, 7) is 1.53. The van der Waals surface area contributed by atoms with E-state index >= 15 is 0 Å². The van der Waals surface area contributed by atoms with Crippen LogP contribution in [-0.2, 0) is 4.79 Å². The second-order valence-electron chi connectivity index (χ2n) is 3.49. The minimum Gasteiger partial charge on any atom is -0.481 e. The summed E-state index contributed by atoms with van der Waals surface area (Å²) in [5, 5.41) is 19.6. The number of amides is 1. The lowest BCUT2D eigenvalue weighted by Gasteiger charge is -2.07. The van der Waals surface area contributed by atoms with Crippen LogP contribution in [0, 0.1) is 17.2 Å². The van der Waals surface area contributed by atoms with Crippen LogP contribution in [0.2, 0.25) is 0 Å².